The van der Waals surface area contributed by atoms with E-state index in [2.05, 4.69) is 10.0 Å². The number of nitrogens with zero attached hydrogens (tertiary/aromatic N) is 1. The zero-order valence-electron chi connectivity index (χ0n) is 12.7. The molecule has 1 aliphatic rings. The van der Waals surface area contributed by atoms with Crippen molar-refractivity contribution in [1.29, 1.82) is 0 Å². The molecule has 7 heteroatoms. The molecule has 2 rings (SSSR count). The molecule has 0 aliphatic carbocycles. The molecule has 1 aromatic carbocycles. The van der Waals surface area contributed by atoms with Gasteiger partial charge in [0.1, 0.15) is 0 Å². The Morgan fingerprint density at radius 3 is 2.64 bits per heavy atom. The fourth-order valence-electron chi connectivity index (χ4n) is 2.28. The van der Waals surface area contributed by atoms with E-state index < -0.39 is 10.0 Å². The summed E-state index contributed by atoms with van der Waals surface area (Å²) in [6.07, 6.45) is 3.23. The van der Waals surface area contributed by atoms with Crippen LogP contribution in [-0.2, 0) is 14.8 Å². The molecule has 1 amide bonds. The van der Waals surface area contributed by atoms with E-state index in [1.165, 1.54) is 25.3 Å². The van der Waals surface area contributed by atoms with Gasteiger partial charge in [-0.1, -0.05) is 12.1 Å². The second kappa shape index (κ2) is 7.04. The van der Waals surface area contributed by atoms with Crippen molar-refractivity contribution in [3.8, 4) is 0 Å². The predicted octanol–water partition coefficient (Wildman–Crippen LogP) is 0.428. The van der Waals surface area contributed by atoms with Gasteiger partial charge in [0.15, 0.2) is 0 Å². The Kier molecular flexibility index (Phi) is 5.33. The highest BCUT2D eigenvalue weighted by molar-refractivity contribution is 7.89. The lowest BCUT2D eigenvalue weighted by Gasteiger charge is -2.31. The number of carbonyl (C=O) groups excluding carboxylic acids is 1. The highest BCUT2D eigenvalue weighted by atomic mass is 32.2. The summed E-state index contributed by atoms with van der Waals surface area (Å²) in [5.74, 6) is -0.0275. The average Bonchev–Trinajstić information content (AvgIpc) is 2.53. The fourth-order valence-corrected chi connectivity index (χ4v) is 3.01. The Balaban J connectivity index is 2.02. The molecular weight excluding hydrogens is 302 g/mol. The van der Waals surface area contributed by atoms with Crippen LogP contribution in [0, 0.1) is 0 Å². The summed E-state index contributed by atoms with van der Waals surface area (Å²) in [7, 11) is -2.05. The number of amides is 1. The summed E-state index contributed by atoms with van der Waals surface area (Å²) in [5.41, 5.74) is 0.784. The highest BCUT2D eigenvalue weighted by Gasteiger charge is 2.18. The second-order valence-electron chi connectivity index (χ2n) is 5.25. The van der Waals surface area contributed by atoms with E-state index in [1.54, 1.807) is 23.1 Å². The van der Waals surface area contributed by atoms with Crippen LogP contribution in [0.1, 0.15) is 12.5 Å². The van der Waals surface area contributed by atoms with Crippen molar-refractivity contribution < 1.29 is 13.2 Å². The molecule has 0 aromatic heterocycles. The van der Waals surface area contributed by atoms with Crippen LogP contribution in [0.5, 0.6) is 0 Å². The normalized spacial score (nSPS) is 19.5. The van der Waals surface area contributed by atoms with Gasteiger partial charge in [-0.15, -0.1) is 0 Å². The summed E-state index contributed by atoms with van der Waals surface area (Å²) in [6.45, 7) is 4.25. The van der Waals surface area contributed by atoms with Gasteiger partial charge < -0.3 is 10.2 Å². The summed E-state index contributed by atoms with van der Waals surface area (Å²) in [6, 6.07) is 6.69. The lowest BCUT2D eigenvalue weighted by atomic mass is 10.2. The third kappa shape index (κ3) is 4.16. The van der Waals surface area contributed by atoms with Crippen LogP contribution in [0.2, 0.25) is 0 Å². The van der Waals surface area contributed by atoms with Gasteiger partial charge in [0, 0.05) is 31.8 Å². The molecule has 0 saturated carbocycles. The molecule has 0 bridgehead atoms. The van der Waals surface area contributed by atoms with Gasteiger partial charge >= 0.3 is 0 Å². The third-order valence-electron chi connectivity index (χ3n) is 3.56. The maximum Gasteiger partial charge on any atom is 0.246 e. The van der Waals surface area contributed by atoms with Gasteiger partial charge in [-0.05, 0) is 37.7 Å². The molecule has 1 aliphatic heterocycles. The average molecular weight is 323 g/mol. The van der Waals surface area contributed by atoms with E-state index in [4.69, 9.17) is 0 Å². The van der Waals surface area contributed by atoms with E-state index in [0.717, 1.165) is 12.1 Å². The maximum absolute atomic E-state index is 12.1. The predicted molar refractivity (Wildman–Crippen MR) is 85.8 cm³/mol. The topological polar surface area (TPSA) is 78.5 Å². The lowest BCUT2D eigenvalue weighted by Crippen LogP contribution is -2.50. The Morgan fingerprint density at radius 2 is 2.05 bits per heavy atom. The van der Waals surface area contributed by atoms with E-state index >= 15 is 0 Å². The molecule has 1 unspecified atom stereocenters. The molecule has 1 fully saturated rings. The van der Waals surface area contributed by atoms with Gasteiger partial charge in [-0.3, -0.25) is 4.79 Å². The number of hydrogen-bond donors (Lipinski definition) is 2. The van der Waals surface area contributed by atoms with Gasteiger partial charge in [0.05, 0.1) is 4.90 Å². The first-order chi connectivity index (χ1) is 10.4. The summed E-state index contributed by atoms with van der Waals surface area (Å²) >= 11 is 0. The molecule has 0 radical (unpaired) electrons. The zero-order chi connectivity index (χ0) is 16.2. The molecule has 1 saturated heterocycles. The molecule has 6 nitrogen and oxygen atoms in total. The Hall–Kier alpha value is -1.70. The Morgan fingerprint density at radius 1 is 1.36 bits per heavy atom. The Labute approximate surface area is 131 Å². The Bertz CT molecular complexity index is 653. The van der Waals surface area contributed by atoms with Gasteiger partial charge in [-0.2, -0.15) is 0 Å². The molecular formula is C15H21N3O3S. The molecule has 2 N–H and O–H groups in total. The van der Waals surface area contributed by atoms with Gasteiger partial charge in [-0.25, -0.2) is 13.1 Å². The number of piperazine rings is 1. The summed E-state index contributed by atoms with van der Waals surface area (Å²) < 4.78 is 25.5. The molecule has 1 atom stereocenters. The van der Waals surface area contributed by atoms with Crippen molar-refractivity contribution in [3.05, 3.63) is 35.9 Å². The standard InChI is InChI=1S/C15H21N3O3S/c1-12-11-18(10-9-17-12)15(19)8-5-13-3-6-14(7-4-13)22(20,21)16-2/h3-8,12,16-17H,9-11H2,1-2H3/b8-5+. The van der Waals surface area contributed by atoms with Crippen LogP contribution >= 0.6 is 0 Å². The number of benzene rings is 1. The zero-order valence-corrected chi connectivity index (χ0v) is 13.6. The monoisotopic (exact) mass is 323 g/mol. The molecule has 0 spiro atoms. The van der Waals surface area contributed by atoms with Gasteiger partial charge in [0.25, 0.3) is 0 Å². The fraction of sp³-hybridized carbons (Fsp3) is 0.400. The third-order valence-corrected chi connectivity index (χ3v) is 4.99. The second-order valence-corrected chi connectivity index (χ2v) is 7.14. The molecule has 1 heterocycles. The molecule has 120 valence electrons. The molecule has 22 heavy (non-hydrogen) atoms. The minimum Gasteiger partial charge on any atom is -0.336 e. The number of hydrogen-bond acceptors (Lipinski definition) is 4. The number of carbonyl (C=O) groups is 1. The van der Waals surface area contributed by atoms with Crippen molar-refractivity contribution in [2.75, 3.05) is 26.7 Å². The minimum atomic E-state index is -3.43. The number of rotatable bonds is 4. The van der Waals surface area contributed by atoms with Crippen LogP contribution < -0.4 is 10.0 Å². The van der Waals surface area contributed by atoms with Crippen molar-refractivity contribution in [2.45, 2.75) is 17.9 Å². The lowest BCUT2D eigenvalue weighted by molar-refractivity contribution is -0.127. The van der Waals surface area contributed by atoms with Crippen LogP contribution in [0.15, 0.2) is 35.2 Å². The van der Waals surface area contributed by atoms with Crippen LogP contribution in [0.25, 0.3) is 6.08 Å². The van der Waals surface area contributed by atoms with E-state index in [1.807, 2.05) is 6.92 Å². The molecule has 1 aromatic rings. The summed E-state index contributed by atoms with van der Waals surface area (Å²) in [4.78, 5) is 14.1. The maximum atomic E-state index is 12.1. The van der Waals surface area contributed by atoms with Crippen molar-refractivity contribution in [3.63, 3.8) is 0 Å². The minimum absolute atomic E-state index is 0.0275. The van der Waals surface area contributed by atoms with E-state index in [-0.39, 0.29) is 10.8 Å². The first-order valence-electron chi connectivity index (χ1n) is 7.16. The first-order valence-corrected chi connectivity index (χ1v) is 8.64. The number of nitrogens with one attached hydrogen (secondary N) is 2. The summed E-state index contributed by atoms with van der Waals surface area (Å²) in [5, 5.41) is 3.29. The van der Waals surface area contributed by atoms with Crippen LogP contribution in [-0.4, -0.2) is 51.9 Å². The quantitative estimate of drug-likeness (QED) is 0.788. The largest absolute Gasteiger partial charge is 0.336 e. The van der Waals surface area contributed by atoms with E-state index in [9.17, 15) is 13.2 Å². The number of sulfonamides is 1. The first kappa shape index (κ1) is 16.7. The van der Waals surface area contributed by atoms with Crippen LogP contribution in [0.3, 0.4) is 0 Å². The van der Waals surface area contributed by atoms with Crippen molar-refractivity contribution in [1.82, 2.24) is 14.9 Å². The van der Waals surface area contributed by atoms with Crippen LogP contribution in [0.4, 0.5) is 0 Å². The highest BCUT2D eigenvalue weighted by Crippen LogP contribution is 2.11. The van der Waals surface area contributed by atoms with E-state index in [0.29, 0.717) is 19.1 Å². The van der Waals surface area contributed by atoms with Crippen molar-refractivity contribution in [2.24, 2.45) is 0 Å². The smallest absolute Gasteiger partial charge is 0.246 e. The SMILES string of the molecule is CNS(=O)(=O)c1ccc(/C=C/C(=O)N2CCNC(C)C2)cc1. The van der Waals surface area contributed by atoms with Crippen molar-refractivity contribution >= 4 is 22.0 Å². The van der Waals surface area contributed by atoms with Gasteiger partial charge in [0.2, 0.25) is 15.9 Å².